The van der Waals surface area contributed by atoms with Gasteiger partial charge in [0.1, 0.15) is 0 Å². The van der Waals surface area contributed by atoms with Crippen LogP contribution in [-0.2, 0) is 0 Å². The van der Waals surface area contributed by atoms with E-state index in [-0.39, 0.29) is 12.1 Å². The van der Waals surface area contributed by atoms with Crippen LogP contribution in [0.2, 0.25) is 0 Å². The SMILES string of the molecule is Cc1cccc(-n2cccc2[C@H]2[C@H](c3ccccn3)NC(=S)N2CCN(C)C)c1. The molecule has 6 heteroatoms. The molecule has 0 saturated carbocycles. The van der Waals surface area contributed by atoms with Crippen LogP contribution in [0, 0.1) is 6.92 Å². The molecule has 0 radical (unpaired) electrons. The van der Waals surface area contributed by atoms with Gasteiger partial charge in [0.25, 0.3) is 0 Å². The Labute approximate surface area is 178 Å². The first-order valence-corrected chi connectivity index (χ1v) is 10.3. The zero-order valence-corrected chi connectivity index (χ0v) is 17.9. The molecule has 1 aliphatic heterocycles. The number of rotatable bonds is 6. The minimum absolute atomic E-state index is 0.00400. The molecule has 5 nitrogen and oxygen atoms in total. The van der Waals surface area contributed by atoms with E-state index in [1.54, 1.807) is 0 Å². The van der Waals surface area contributed by atoms with Gasteiger partial charge < -0.3 is 19.7 Å². The normalized spacial score (nSPS) is 19.0. The maximum atomic E-state index is 5.76. The van der Waals surface area contributed by atoms with Crippen molar-refractivity contribution in [3.05, 3.63) is 83.9 Å². The lowest BCUT2D eigenvalue weighted by Crippen LogP contribution is -2.36. The smallest absolute Gasteiger partial charge is 0.170 e. The van der Waals surface area contributed by atoms with Gasteiger partial charge in [0.15, 0.2) is 5.11 Å². The van der Waals surface area contributed by atoms with Crippen LogP contribution in [0.1, 0.15) is 29.0 Å². The molecule has 2 atom stereocenters. The molecular formula is C23H27N5S. The van der Waals surface area contributed by atoms with Gasteiger partial charge in [-0.15, -0.1) is 0 Å². The van der Waals surface area contributed by atoms with Gasteiger partial charge in [0.2, 0.25) is 0 Å². The third kappa shape index (κ3) is 4.04. The Morgan fingerprint density at radius 1 is 1.10 bits per heavy atom. The Morgan fingerprint density at radius 3 is 2.69 bits per heavy atom. The van der Waals surface area contributed by atoms with E-state index in [1.807, 2.05) is 18.3 Å². The first-order chi connectivity index (χ1) is 14.0. The summed E-state index contributed by atoms with van der Waals surface area (Å²) in [6, 6.07) is 19.0. The second-order valence-corrected chi connectivity index (χ2v) is 8.15. The molecule has 2 aromatic heterocycles. The van der Waals surface area contributed by atoms with Crippen LogP contribution >= 0.6 is 12.2 Å². The minimum Gasteiger partial charge on any atom is -0.352 e. The summed E-state index contributed by atoms with van der Waals surface area (Å²) in [7, 11) is 4.18. The fourth-order valence-corrected chi connectivity index (χ4v) is 4.26. The van der Waals surface area contributed by atoms with Crippen LogP contribution in [0.25, 0.3) is 5.69 Å². The fourth-order valence-electron chi connectivity index (χ4n) is 3.92. The summed E-state index contributed by atoms with van der Waals surface area (Å²) in [5.41, 5.74) is 4.62. The summed E-state index contributed by atoms with van der Waals surface area (Å²) >= 11 is 5.76. The lowest BCUT2D eigenvalue weighted by atomic mass is 10.0. The van der Waals surface area contributed by atoms with Crippen molar-refractivity contribution in [3.63, 3.8) is 0 Å². The highest BCUT2D eigenvalue weighted by atomic mass is 32.1. The van der Waals surface area contributed by atoms with Crippen molar-refractivity contribution >= 4 is 17.3 Å². The molecule has 0 aliphatic carbocycles. The quantitative estimate of drug-likeness (QED) is 0.633. The van der Waals surface area contributed by atoms with Crippen LogP contribution in [0.3, 0.4) is 0 Å². The number of benzene rings is 1. The average molecular weight is 406 g/mol. The van der Waals surface area contributed by atoms with Crippen LogP contribution in [0.4, 0.5) is 0 Å². The zero-order valence-electron chi connectivity index (χ0n) is 17.1. The van der Waals surface area contributed by atoms with Gasteiger partial charge in [0, 0.05) is 36.9 Å². The zero-order chi connectivity index (χ0) is 20.4. The van der Waals surface area contributed by atoms with E-state index in [0.717, 1.165) is 29.6 Å². The maximum Gasteiger partial charge on any atom is 0.170 e. The second kappa shape index (κ2) is 8.35. The summed E-state index contributed by atoms with van der Waals surface area (Å²) in [6.07, 6.45) is 3.98. The highest BCUT2D eigenvalue weighted by molar-refractivity contribution is 7.80. The number of pyridine rings is 1. The number of nitrogens with zero attached hydrogens (tertiary/aromatic N) is 4. The van der Waals surface area contributed by atoms with Gasteiger partial charge in [-0.05, 0) is 75.2 Å². The van der Waals surface area contributed by atoms with Crippen molar-refractivity contribution in [1.82, 2.24) is 24.7 Å². The molecule has 0 amide bonds. The Bertz CT molecular complexity index is 982. The highest BCUT2D eigenvalue weighted by Gasteiger charge is 2.41. The molecule has 1 aliphatic rings. The lowest BCUT2D eigenvalue weighted by molar-refractivity contribution is 0.272. The number of aryl methyl sites for hydroxylation is 1. The fraction of sp³-hybridized carbons (Fsp3) is 0.304. The molecule has 3 heterocycles. The molecule has 1 saturated heterocycles. The van der Waals surface area contributed by atoms with E-state index in [2.05, 4.69) is 94.3 Å². The van der Waals surface area contributed by atoms with Gasteiger partial charge in [-0.2, -0.15) is 0 Å². The molecule has 0 bridgehead atoms. The molecule has 1 aromatic carbocycles. The lowest BCUT2D eigenvalue weighted by Gasteiger charge is -2.29. The van der Waals surface area contributed by atoms with Crippen molar-refractivity contribution in [2.75, 3.05) is 27.2 Å². The first-order valence-electron chi connectivity index (χ1n) is 9.91. The Hall–Kier alpha value is -2.70. The van der Waals surface area contributed by atoms with Crippen molar-refractivity contribution in [2.45, 2.75) is 19.0 Å². The molecule has 0 unspecified atom stereocenters. The molecule has 4 rings (SSSR count). The summed E-state index contributed by atoms with van der Waals surface area (Å²) in [5, 5.41) is 4.32. The standard InChI is InChI=1S/C23H27N5S/c1-17-8-6-9-18(16-17)27-13-7-11-20(27)22-21(19-10-4-5-12-24-19)25-23(29)28(22)15-14-26(2)3/h4-13,16,21-22H,14-15H2,1-3H3,(H,25,29)/t21-,22-/m0/s1. The summed E-state index contributed by atoms with van der Waals surface area (Å²) in [4.78, 5) is 9.12. The van der Waals surface area contributed by atoms with Crippen LogP contribution < -0.4 is 5.32 Å². The summed E-state index contributed by atoms with van der Waals surface area (Å²) in [5.74, 6) is 0. The van der Waals surface area contributed by atoms with Gasteiger partial charge in [-0.25, -0.2) is 0 Å². The molecule has 1 fully saturated rings. The molecular weight excluding hydrogens is 378 g/mol. The largest absolute Gasteiger partial charge is 0.352 e. The molecule has 1 N–H and O–H groups in total. The van der Waals surface area contributed by atoms with Gasteiger partial charge in [-0.3, -0.25) is 4.98 Å². The van der Waals surface area contributed by atoms with Gasteiger partial charge in [-0.1, -0.05) is 18.2 Å². The predicted molar refractivity (Wildman–Crippen MR) is 121 cm³/mol. The van der Waals surface area contributed by atoms with Gasteiger partial charge >= 0.3 is 0 Å². The molecule has 150 valence electrons. The number of hydrogen-bond acceptors (Lipinski definition) is 3. The third-order valence-electron chi connectivity index (χ3n) is 5.35. The summed E-state index contributed by atoms with van der Waals surface area (Å²) in [6.45, 7) is 3.91. The summed E-state index contributed by atoms with van der Waals surface area (Å²) < 4.78 is 2.27. The third-order valence-corrected chi connectivity index (χ3v) is 5.70. The number of hydrogen-bond donors (Lipinski definition) is 1. The molecule has 29 heavy (non-hydrogen) atoms. The number of thiocarbonyl (C=S) groups is 1. The van der Waals surface area contributed by atoms with Gasteiger partial charge in [0.05, 0.1) is 17.8 Å². The maximum absolute atomic E-state index is 5.76. The van der Waals surface area contributed by atoms with Crippen molar-refractivity contribution in [1.29, 1.82) is 0 Å². The van der Waals surface area contributed by atoms with E-state index in [0.29, 0.717) is 0 Å². The number of nitrogens with one attached hydrogen (secondary N) is 1. The Morgan fingerprint density at radius 2 is 1.97 bits per heavy atom. The first kappa shape index (κ1) is 19.6. The minimum atomic E-state index is 0.00400. The van der Waals surface area contributed by atoms with Crippen LogP contribution in [-0.4, -0.2) is 51.6 Å². The van der Waals surface area contributed by atoms with E-state index >= 15 is 0 Å². The highest BCUT2D eigenvalue weighted by Crippen LogP contribution is 2.39. The second-order valence-electron chi connectivity index (χ2n) is 7.77. The van der Waals surface area contributed by atoms with E-state index in [1.165, 1.54) is 11.3 Å². The monoisotopic (exact) mass is 405 g/mol. The Kier molecular flexibility index (Phi) is 5.65. The number of aromatic nitrogens is 2. The molecule has 0 spiro atoms. The molecule has 3 aromatic rings. The average Bonchev–Trinajstić information content (AvgIpc) is 3.31. The Balaban J connectivity index is 1.78. The van der Waals surface area contributed by atoms with Crippen molar-refractivity contribution < 1.29 is 0 Å². The van der Waals surface area contributed by atoms with E-state index in [4.69, 9.17) is 12.2 Å². The van der Waals surface area contributed by atoms with Crippen LogP contribution in [0.15, 0.2) is 67.0 Å². The van der Waals surface area contributed by atoms with Crippen LogP contribution in [0.5, 0.6) is 0 Å². The number of likely N-dealkylation sites (N-methyl/N-ethyl adjacent to an activating group) is 1. The topological polar surface area (TPSA) is 36.3 Å². The van der Waals surface area contributed by atoms with E-state index < -0.39 is 0 Å². The predicted octanol–water partition coefficient (Wildman–Crippen LogP) is 3.71. The van der Waals surface area contributed by atoms with Crippen molar-refractivity contribution in [3.8, 4) is 5.69 Å². The van der Waals surface area contributed by atoms with Crippen molar-refractivity contribution in [2.24, 2.45) is 0 Å². The van der Waals surface area contributed by atoms with E-state index in [9.17, 15) is 0 Å².